The molecule has 4 aromatic rings. The zero-order valence-corrected chi connectivity index (χ0v) is 16.0. The highest BCUT2D eigenvalue weighted by Crippen LogP contribution is 2.28. The molecule has 0 spiro atoms. The van der Waals surface area contributed by atoms with Crippen molar-refractivity contribution in [3.8, 4) is 11.6 Å². The highest BCUT2D eigenvalue weighted by atomic mass is 35.5. The van der Waals surface area contributed by atoms with Gasteiger partial charge in [-0.05, 0) is 30.3 Å². The van der Waals surface area contributed by atoms with Crippen LogP contribution in [0.3, 0.4) is 0 Å². The summed E-state index contributed by atoms with van der Waals surface area (Å²) in [7, 11) is 0. The third-order valence-corrected chi connectivity index (χ3v) is 4.90. The van der Waals surface area contributed by atoms with Crippen LogP contribution in [0.15, 0.2) is 82.6 Å². The van der Waals surface area contributed by atoms with Crippen LogP contribution in [0.4, 0.5) is 5.69 Å². The summed E-state index contributed by atoms with van der Waals surface area (Å²) in [4.78, 5) is 17.5. The van der Waals surface area contributed by atoms with Crippen LogP contribution in [-0.2, 0) is 6.61 Å². The Labute approximate surface area is 171 Å². The second-order valence-electron chi connectivity index (χ2n) is 6.45. The number of fused-ring (bicyclic) bond motifs is 1. The molecular weight excluding hydrogens is 388 g/mol. The lowest BCUT2D eigenvalue weighted by atomic mass is 10.1. The minimum absolute atomic E-state index is 0.151. The normalized spacial score (nSPS) is 11.4. The molecule has 0 atom stereocenters. The standard InChI is InChI=1S/C23H17ClN2O3/c24-16-7-5-8-17(12-16)26-22(28)19-10-3-2-9-18(19)20(23(26)29)13-25-21-11-4-1-6-15(21)14-27/h1-13,27,29H,14H2. The number of aliphatic hydroxyl groups is 1. The van der Waals surface area contributed by atoms with Crippen LogP contribution in [0.5, 0.6) is 5.88 Å². The molecule has 0 fully saturated rings. The summed E-state index contributed by atoms with van der Waals surface area (Å²) in [6.45, 7) is -0.151. The molecule has 0 radical (unpaired) electrons. The summed E-state index contributed by atoms with van der Waals surface area (Å²) in [5.41, 5.74) is 1.74. The van der Waals surface area contributed by atoms with Gasteiger partial charge in [-0.3, -0.25) is 9.79 Å². The van der Waals surface area contributed by atoms with E-state index in [2.05, 4.69) is 4.99 Å². The lowest BCUT2D eigenvalue weighted by Crippen LogP contribution is -2.20. The van der Waals surface area contributed by atoms with Gasteiger partial charge in [0.1, 0.15) is 0 Å². The van der Waals surface area contributed by atoms with Gasteiger partial charge in [-0.15, -0.1) is 0 Å². The molecule has 5 nitrogen and oxygen atoms in total. The van der Waals surface area contributed by atoms with Gasteiger partial charge in [-0.25, -0.2) is 4.57 Å². The first-order valence-electron chi connectivity index (χ1n) is 8.95. The summed E-state index contributed by atoms with van der Waals surface area (Å²) in [5, 5.41) is 22.0. The average Bonchev–Trinajstić information content (AvgIpc) is 2.74. The molecule has 0 aliphatic carbocycles. The molecule has 6 heteroatoms. The molecule has 29 heavy (non-hydrogen) atoms. The van der Waals surface area contributed by atoms with Crippen molar-refractivity contribution in [3.63, 3.8) is 0 Å². The number of rotatable bonds is 4. The number of nitrogens with zero attached hydrogens (tertiary/aromatic N) is 2. The quantitative estimate of drug-likeness (QED) is 0.488. The molecule has 0 aliphatic heterocycles. The van der Waals surface area contributed by atoms with Crippen LogP contribution in [0.1, 0.15) is 11.1 Å². The fourth-order valence-corrected chi connectivity index (χ4v) is 3.43. The van der Waals surface area contributed by atoms with Crippen LogP contribution >= 0.6 is 11.6 Å². The molecule has 144 valence electrons. The SMILES string of the molecule is O=c1c2ccccc2c(C=Nc2ccccc2CO)c(O)n1-c1cccc(Cl)c1. The maximum Gasteiger partial charge on any atom is 0.265 e. The first-order chi connectivity index (χ1) is 14.1. The Hall–Kier alpha value is -3.41. The predicted octanol–water partition coefficient (Wildman–Crippen LogP) is 4.59. The fraction of sp³-hybridized carbons (Fsp3) is 0.0435. The van der Waals surface area contributed by atoms with Crippen molar-refractivity contribution < 1.29 is 10.2 Å². The number of pyridine rings is 1. The van der Waals surface area contributed by atoms with Gasteiger partial charge in [-0.2, -0.15) is 0 Å². The number of hydrogen-bond acceptors (Lipinski definition) is 4. The second kappa shape index (κ2) is 7.91. The van der Waals surface area contributed by atoms with Crippen molar-refractivity contribution in [2.45, 2.75) is 6.61 Å². The molecule has 0 bridgehead atoms. The summed E-state index contributed by atoms with van der Waals surface area (Å²) in [5.74, 6) is -0.235. The van der Waals surface area contributed by atoms with Gasteiger partial charge < -0.3 is 10.2 Å². The first-order valence-corrected chi connectivity index (χ1v) is 9.33. The van der Waals surface area contributed by atoms with Crippen molar-refractivity contribution in [1.82, 2.24) is 4.57 Å². The van der Waals surface area contributed by atoms with Gasteiger partial charge in [0.25, 0.3) is 5.56 Å². The van der Waals surface area contributed by atoms with Crippen LogP contribution in [0, 0.1) is 0 Å². The van der Waals surface area contributed by atoms with E-state index in [-0.39, 0.29) is 18.0 Å². The summed E-state index contributed by atoms with van der Waals surface area (Å²) in [6, 6.07) is 20.9. The number of hydrogen-bond donors (Lipinski definition) is 2. The third kappa shape index (κ3) is 3.53. The Bertz CT molecular complexity index is 1300. The van der Waals surface area contributed by atoms with Gasteiger partial charge >= 0.3 is 0 Å². The Balaban J connectivity index is 1.99. The fourth-order valence-electron chi connectivity index (χ4n) is 3.25. The second-order valence-corrected chi connectivity index (χ2v) is 6.88. The van der Waals surface area contributed by atoms with Crippen LogP contribution in [0.2, 0.25) is 5.02 Å². The van der Waals surface area contributed by atoms with Gasteiger partial charge in [0, 0.05) is 27.6 Å². The Morgan fingerprint density at radius 2 is 1.69 bits per heavy atom. The molecule has 1 heterocycles. The number of aromatic hydroxyl groups is 1. The maximum absolute atomic E-state index is 13.1. The monoisotopic (exact) mass is 404 g/mol. The molecule has 0 unspecified atom stereocenters. The molecular formula is C23H17ClN2O3. The van der Waals surface area contributed by atoms with Gasteiger partial charge in [0.05, 0.1) is 23.5 Å². The number of aliphatic imine (C=N–C) groups is 1. The molecule has 2 N–H and O–H groups in total. The molecule has 0 amide bonds. The van der Waals surface area contributed by atoms with E-state index in [4.69, 9.17) is 11.6 Å². The van der Waals surface area contributed by atoms with Gasteiger partial charge in [0.15, 0.2) is 0 Å². The van der Waals surface area contributed by atoms with Crippen LogP contribution in [-0.4, -0.2) is 21.0 Å². The smallest absolute Gasteiger partial charge is 0.265 e. The Morgan fingerprint density at radius 1 is 0.966 bits per heavy atom. The van der Waals surface area contributed by atoms with Crippen LogP contribution in [0.25, 0.3) is 16.5 Å². The van der Waals surface area contributed by atoms with Gasteiger partial charge in [-0.1, -0.05) is 54.1 Å². The first kappa shape index (κ1) is 18.9. The summed E-state index contributed by atoms with van der Waals surface area (Å²) in [6.07, 6.45) is 1.51. The van der Waals surface area contributed by atoms with Crippen molar-refractivity contribution in [2.24, 2.45) is 4.99 Å². The zero-order valence-electron chi connectivity index (χ0n) is 15.3. The lowest BCUT2D eigenvalue weighted by Gasteiger charge is -2.14. The topological polar surface area (TPSA) is 74.8 Å². The number of aromatic nitrogens is 1. The summed E-state index contributed by atoms with van der Waals surface area (Å²) < 4.78 is 1.22. The Kier molecular flexibility index (Phi) is 5.16. The van der Waals surface area contributed by atoms with Crippen molar-refractivity contribution in [1.29, 1.82) is 0 Å². The molecule has 4 rings (SSSR count). The van der Waals surface area contributed by atoms with E-state index in [1.54, 1.807) is 60.7 Å². The third-order valence-electron chi connectivity index (χ3n) is 4.66. The molecule has 0 aliphatic rings. The van der Waals surface area contributed by atoms with E-state index in [1.165, 1.54) is 10.8 Å². The van der Waals surface area contributed by atoms with E-state index >= 15 is 0 Å². The minimum atomic E-state index is -0.353. The highest BCUT2D eigenvalue weighted by Gasteiger charge is 2.16. The number of halogens is 1. The Morgan fingerprint density at radius 3 is 2.45 bits per heavy atom. The highest BCUT2D eigenvalue weighted by molar-refractivity contribution is 6.30. The van der Waals surface area contributed by atoms with E-state index in [0.717, 1.165) is 0 Å². The number of benzene rings is 3. The minimum Gasteiger partial charge on any atom is -0.494 e. The summed E-state index contributed by atoms with van der Waals surface area (Å²) >= 11 is 6.09. The van der Waals surface area contributed by atoms with Gasteiger partial charge in [0.2, 0.25) is 5.88 Å². The van der Waals surface area contributed by atoms with E-state index < -0.39 is 0 Å². The average molecular weight is 405 g/mol. The predicted molar refractivity (Wildman–Crippen MR) is 116 cm³/mol. The van der Waals surface area contributed by atoms with Crippen molar-refractivity contribution >= 4 is 34.3 Å². The van der Waals surface area contributed by atoms with E-state index in [0.29, 0.717) is 38.3 Å². The molecule has 3 aromatic carbocycles. The largest absolute Gasteiger partial charge is 0.494 e. The number of aliphatic hydroxyl groups excluding tert-OH is 1. The maximum atomic E-state index is 13.1. The zero-order chi connectivity index (χ0) is 20.4. The number of para-hydroxylation sites is 1. The lowest BCUT2D eigenvalue weighted by molar-refractivity contribution is 0.282. The van der Waals surface area contributed by atoms with E-state index in [9.17, 15) is 15.0 Å². The molecule has 1 aromatic heterocycles. The van der Waals surface area contributed by atoms with E-state index in [1.807, 2.05) is 12.1 Å². The van der Waals surface area contributed by atoms with Crippen molar-refractivity contribution in [3.05, 3.63) is 99.3 Å². The molecule has 0 saturated carbocycles. The van der Waals surface area contributed by atoms with Crippen molar-refractivity contribution in [2.75, 3.05) is 0 Å². The van der Waals surface area contributed by atoms with Crippen LogP contribution < -0.4 is 5.56 Å². The molecule has 0 saturated heterocycles.